The first kappa shape index (κ1) is 19.6. The van der Waals surface area contributed by atoms with Crippen LogP contribution in [0, 0.1) is 6.92 Å². The first-order valence-corrected chi connectivity index (χ1v) is 10.6. The van der Waals surface area contributed by atoms with Gasteiger partial charge in [0.15, 0.2) is 0 Å². The first-order valence-electron chi connectivity index (χ1n) is 10.6. The van der Waals surface area contributed by atoms with Crippen molar-refractivity contribution in [3.8, 4) is 0 Å². The molecule has 4 heterocycles. The summed E-state index contributed by atoms with van der Waals surface area (Å²) >= 11 is 0. The molecule has 2 aromatic heterocycles. The van der Waals surface area contributed by atoms with Crippen LogP contribution in [0.1, 0.15) is 54.5 Å². The molecule has 2 aliphatic rings. The molecule has 0 bridgehead atoms. The van der Waals surface area contributed by atoms with Gasteiger partial charge in [-0.05, 0) is 31.9 Å². The summed E-state index contributed by atoms with van der Waals surface area (Å²) in [5, 5.41) is 0. The van der Waals surface area contributed by atoms with Crippen molar-refractivity contribution in [2.45, 2.75) is 39.5 Å². The molecule has 0 radical (unpaired) electrons. The van der Waals surface area contributed by atoms with E-state index in [-0.39, 0.29) is 5.91 Å². The summed E-state index contributed by atoms with van der Waals surface area (Å²) in [5.74, 6) is 3.06. The van der Waals surface area contributed by atoms with Gasteiger partial charge in [0.25, 0.3) is 5.91 Å². The molecule has 0 aliphatic carbocycles. The highest BCUT2D eigenvalue weighted by atomic mass is 16.2. The second kappa shape index (κ2) is 8.35. The van der Waals surface area contributed by atoms with Crippen LogP contribution < -0.4 is 9.80 Å². The summed E-state index contributed by atoms with van der Waals surface area (Å²) < 4.78 is 0. The van der Waals surface area contributed by atoms with Crippen molar-refractivity contribution < 1.29 is 4.79 Å². The highest BCUT2D eigenvalue weighted by molar-refractivity contribution is 5.99. The number of hydrogen-bond donors (Lipinski definition) is 0. The van der Waals surface area contributed by atoms with Crippen LogP contribution in [0.4, 0.5) is 11.6 Å². The Hall–Kier alpha value is -2.70. The Bertz CT molecular complexity index is 869. The van der Waals surface area contributed by atoms with Gasteiger partial charge in [-0.25, -0.2) is 15.0 Å². The maximum absolute atomic E-state index is 13.2. The summed E-state index contributed by atoms with van der Waals surface area (Å²) in [4.78, 5) is 33.5. The Labute approximate surface area is 172 Å². The average Bonchev–Trinajstić information content (AvgIpc) is 3.27. The van der Waals surface area contributed by atoms with E-state index in [0.29, 0.717) is 19.0 Å². The minimum absolute atomic E-state index is 0.0846. The molecule has 7 nitrogen and oxygen atoms in total. The smallest absolute Gasteiger partial charge is 0.257 e. The van der Waals surface area contributed by atoms with E-state index in [2.05, 4.69) is 33.6 Å². The predicted octanol–water partition coefficient (Wildman–Crippen LogP) is 2.87. The molecule has 0 atom stereocenters. The molecule has 0 unspecified atom stereocenters. The number of aromatic nitrogens is 3. The van der Waals surface area contributed by atoms with Crippen molar-refractivity contribution in [3.63, 3.8) is 0 Å². The van der Waals surface area contributed by atoms with Crippen LogP contribution in [0.5, 0.6) is 0 Å². The monoisotopic (exact) mass is 394 g/mol. The first-order chi connectivity index (χ1) is 14.0. The van der Waals surface area contributed by atoms with Crippen LogP contribution in [0.25, 0.3) is 0 Å². The van der Waals surface area contributed by atoms with Crippen LogP contribution in [0.3, 0.4) is 0 Å². The molecule has 29 heavy (non-hydrogen) atoms. The summed E-state index contributed by atoms with van der Waals surface area (Å²) in [6.07, 6.45) is 4.12. The van der Waals surface area contributed by atoms with Crippen molar-refractivity contribution in [3.05, 3.63) is 41.5 Å². The third-order valence-electron chi connectivity index (χ3n) is 5.69. The van der Waals surface area contributed by atoms with Gasteiger partial charge in [-0.1, -0.05) is 13.8 Å². The number of piperazine rings is 1. The van der Waals surface area contributed by atoms with Crippen molar-refractivity contribution in [1.82, 2.24) is 19.9 Å². The second-order valence-electron chi connectivity index (χ2n) is 8.23. The quantitative estimate of drug-likeness (QED) is 0.795. The van der Waals surface area contributed by atoms with Gasteiger partial charge in [0, 0.05) is 63.1 Å². The largest absolute Gasteiger partial charge is 0.356 e. The molecule has 2 fully saturated rings. The maximum atomic E-state index is 13.2. The molecule has 154 valence electrons. The van der Waals surface area contributed by atoms with Gasteiger partial charge in [0.2, 0.25) is 0 Å². The van der Waals surface area contributed by atoms with Crippen molar-refractivity contribution in [1.29, 1.82) is 0 Å². The van der Waals surface area contributed by atoms with Gasteiger partial charge in [-0.3, -0.25) is 4.79 Å². The molecule has 7 heteroatoms. The topological polar surface area (TPSA) is 65.5 Å². The van der Waals surface area contributed by atoms with E-state index in [0.717, 1.165) is 54.9 Å². The third-order valence-corrected chi connectivity index (χ3v) is 5.69. The highest BCUT2D eigenvalue weighted by Crippen LogP contribution is 2.24. The Morgan fingerprint density at radius 2 is 1.72 bits per heavy atom. The minimum Gasteiger partial charge on any atom is -0.356 e. The fraction of sp³-hybridized carbons (Fsp3) is 0.545. The number of aryl methyl sites for hydroxylation is 1. The lowest BCUT2D eigenvalue weighted by Gasteiger charge is -2.36. The van der Waals surface area contributed by atoms with Crippen molar-refractivity contribution in [2.24, 2.45) is 0 Å². The second-order valence-corrected chi connectivity index (χ2v) is 8.23. The zero-order valence-corrected chi connectivity index (χ0v) is 17.6. The van der Waals surface area contributed by atoms with E-state index in [9.17, 15) is 4.79 Å². The number of carbonyl (C=O) groups is 1. The number of carbonyl (C=O) groups excluding carboxylic acids is 1. The SMILES string of the molecule is Cc1cc(N2CCN(C(=O)c3cccnc3N3CCCC3)CC2)nc(C(C)C)n1. The number of anilines is 2. The van der Waals surface area contributed by atoms with Gasteiger partial charge < -0.3 is 14.7 Å². The fourth-order valence-electron chi connectivity index (χ4n) is 4.05. The molecule has 2 aliphatic heterocycles. The molecule has 2 aromatic rings. The van der Waals surface area contributed by atoms with Gasteiger partial charge >= 0.3 is 0 Å². The Balaban J connectivity index is 1.46. The van der Waals surface area contributed by atoms with Crippen LogP contribution in [-0.2, 0) is 0 Å². The summed E-state index contributed by atoms with van der Waals surface area (Å²) in [5.41, 5.74) is 1.71. The van der Waals surface area contributed by atoms with Crippen molar-refractivity contribution >= 4 is 17.5 Å². The van der Waals surface area contributed by atoms with Crippen LogP contribution in [0.2, 0.25) is 0 Å². The standard InChI is InChI=1S/C22H30N6O/c1-16(2)20-24-17(3)15-19(25-20)26-11-13-28(14-12-26)22(29)18-7-6-8-23-21(18)27-9-4-5-10-27/h6-8,15-16H,4-5,9-14H2,1-3H3. The molecule has 1 amide bonds. The van der Waals surface area contributed by atoms with E-state index in [1.54, 1.807) is 6.20 Å². The van der Waals surface area contributed by atoms with Crippen LogP contribution in [0.15, 0.2) is 24.4 Å². The van der Waals surface area contributed by atoms with E-state index in [1.165, 1.54) is 12.8 Å². The number of hydrogen-bond acceptors (Lipinski definition) is 6. The zero-order chi connectivity index (χ0) is 20.4. The van der Waals surface area contributed by atoms with Crippen LogP contribution >= 0.6 is 0 Å². The molecule has 0 spiro atoms. The fourth-order valence-corrected chi connectivity index (χ4v) is 4.05. The number of rotatable bonds is 4. The molecule has 4 rings (SSSR count). The van der Waals surface area contributed by atoms with Crippen molar-refractivity contribution in [2.75, 3.05) is 49.1 Å². The summed E-state index contributed by atoms with van der Waals surface area (Å²) in [7, 11) is 0. The van der Waals surface area contributed by atoms with E-state index < -0.39 is 0 Å². The van der Waals surface area contributed by atoms with Gasteiger partial charge in [0.05, 0.1) is 5.56 Å². The van der Waals surface area contributed by atoms with E-state index >= 15 is 0 Å². The summed E-state index contributed by atoms with van der Waals surface area (Å²) in [6, 6.07) is 5.81. The molecule has 0 aromatic carbocycles. The predicted molar refractivity (Wildman–Crippen MR) is 115 cm³/mol. The Kier molecular flexibility index (Phi) is 5.65. The van der Waals surface area contributed by atoms with Gasteiger partial charge in [0.1, 0.15) is 17.5 Å². The normalized spacial score (nSPS) is 17.3. The maximum Gasteiger partial charge on any atom is 0.257 e. The number of pyridine rings is 1. The molecule has 0 N–H and O–H groups in total. The lowest BCUT2D eigenvalue weighted by Crippen LogP contribution is -2.49. The molecule has 0 saturated carbocycles. The highest BCUT2D eigenvalue weighted by Gasteiger charge is 2.27. The number of amides is 1. The molecular weight excluding hydrogens is 364 g/mol. The third kappa shape index (κ3) is 4.18. The van der Waals surface area contributed by atoms with Gasteiger partial charge in [-0.15, -0.1) is 0 Å². The Morgan fingerprint density at radius 1 is 1.00 bits per heavy atom. The number of nitrogens with zero attached hydrogens (tertiary/aromatic N) is 6. The van der Waals surface area contributed by atoms with E-state index in [4.69, 9.17) is 4.98 Å². The lowest BCUT2D eigenvalue weighted by molar-refractivity contribution is 0.0746. The minimum atomic E-state index is 0.0846. The van der Waals surface area contributed by atoms with Crippen LogP contribution in [-0.4, -0.2) is 65.0 Å². The molecule has 2 saturated heterocycles. The van der Waals surface area contributed by atoms with E-state index in [1.807, 2.05) is 30.0 Å². The molecular formula is C22H30N6O. The Morgan fingerprint density at radius 3 is 2.41 bits per heavy atom. The summed E-state index contributed by atoms with van der Waals surface area (Å²) in [6.45, 7) is 11.1. The zero-order valence-electron chi connectivity index (χ0n) is 17.6. The van der Waals surface area contributed by atoms with Gasteiger partial charge in [-0.2, -0.15) is 0 Å². The lowest BCUT2D eigenvalue weighted by atomic mass is 10.2. The average molecular weight is 395 g/mol.